The molecule has 4 nitrogen and oxygen atoms in total. The fourth-order valence-corrected chi connectivity index (χ4v) is 3.25. The molecule has 1 N–H and O–H groups in total. The molecule has 0 radical (unpaired) electrons. The molecule has 1 unspecified atom stereocenters. The molecular weight excluding hydrogens is 290 g/mol. The molecule has 1 saturated heterocycles. The van der Waals surface area contributed by atoms with Gasteiger partial charge in [0.1, 0.15) is 5.60 Å². The number of hydrogen-bond donors (Lipinski definition) is 1. The lowest BCUT2D eigenvalue weighted by Crippen LogP contribution is -2.42. The van der Waals surface area contributed by atoms with Crippen LogP contribution in [0.1, 0.15) is 58.6 Å². The highest BCUT2D eigenvalue weighted by atomic mass is 16.6. The van der Waals surface area contributed by atoms with E-state index in [0.29, 0.717) is 6.42 Å². The van der Waals surface area contributed by atoms with Gasteiger partial charge in [-0.1, -0.05) is 37.3 Å². The Hall–Kier alpha value is -1.55. The van der Waals surface area contributed by atoms with Gasteiger partial charge in [0.25, 0.3) is 0 Å². The minimum atomic E-state index is -0.493. The van der Waals surface area contributed by atoms with E-state index >= 15 is 0 Å². The lowest BCUT2D eigenvalue weighted by atomic mass is 9.91. The molecule has 1 aliphatic heterocycles. The van der Waals surface area contributed by atoms with E-state index in [1.165, 1.54) is 0 Å². The van der Waals surface area contributed by atoms with Crippen molar-refractivity contribution >= 4 is 6.09 Å². The summed E-state index contributed by atoms with van der Waals surface area (Å²) in [6.45, 7) is 8.51. The number of nitrogens with zero attached hydrogens (tertiary/aromatic N) is 1. The van der Waals surface area contributed by atoms with Crippen LogP contribution in [-0.4, -0.2) is 34.3 Å². The van der Waals surface area contributed by atoms with Gasteiger partial charge in [0.15, 0.2) is 0 Å². The average molecular weight is 319 g/mol. The average Bonchev–Trinajstić information content (AvgIpc) is 2.96. The Morgan fingerprint density at radius 1 is 1.35 bits per heavy atom. The number of aliphatic hydroxyl groups excluding tert-OH is 1. The fourth-order valence-electron chi connectivity index (χ4n) is 3.25. The first-order valence-electron chi connectivity index (χ1n) is 8.50. The van der Waals surface area contributed by atoms with Gasteiger partial charge in [-0.3, -0.25) is 0 Å². The highest BCUT2D eigenvalue weighted by molar-refractivity contribution is 5.69. The van der Waals surface area contributed by atoms with Crippen molar-refractivity contribution < 1.29 is 14.6 Å². The highest BCUT2D eigenvalue weighted by Crippen LogP contribution is 2.31. The van der Waals surface area contributed by atoms with Crippen molar-refractivity contribution in [1.29, 1.82) is 0 Å². The van der Waals surface area contributed by atoms with Gasteiger partial charge in [0, 0.05) is 12.6 Å². The summed E-state index contributed by atoms with van der Waals surface area (Å²) in [7, 11) is 0. The maximum absolute atomic E-state index is 12.4. The summed E-state index contributed by atoms with van der Waals surface area (Å²) in [6, 6.07) is 9.84. The summed E-state index contributed by atoms with van der Waals surface area (Å²) in [5, 5.41) is 10.4. The molecule has 2 rings (SSSR count). The summed E-state index contributed by atoms with van der Waals surface area (Å²) < 4.78 is 5.52. The molecule has 0 bridgehead atoms. The third kappa shape index (κ3) is 4.96. The third-order valence-corrected chi connectivity index (χ3v) is 4.36. The molecule has 4 heteroatoms. The number of carbonyl (C=O) groups excluding carboxylic acids is 1. The molecule has 1 fully saturated rings. The van der Waals surface area contributed by atoms with Crippen molar-refractivity contribution in [3.63, 3.8) is 0 Å². The minimum absolute atomic E-state index is 0.142. The molecule has 1 aliphatic rings. The van der Waals surface area contributed by atoms with E-state index in [-0.39, 0.29) is 18.1 Å². The summed E-state index contributed by atoms with van der Waals surface area (Å²) >= 11 is 0. The molecule has 0 saturated carbocycles. The Morgan fingerprint density at radius 2 is 2.00 bits per heavy atom. The normalized spacial score (nSPS) is 21.1. The van der Waals surface area contributed by atoms with Crippen LogP contribution in [0.2, 0.25) is 0 Å². The molecule has 1 heterocycles. The lowest BCUT2D eigenvalue weighted by Gasteiger charge is -2.32. The van der Waals surface area contributed by atoms with E-state index in [2.05, 4.69) is 6.92 Å². The Morgan fingerprint density at radius 3 is 2.61 bits per heavy atom. The van der Waals surface area contributed by atoms with Gasteiger partial charge in [0.2, 0.25) is 0 Å². The Bertz CT molecular complexity index is 509. The van der Waals surface area contributed by atoms with E-state index < -0.39 is 11.7 Å². The van der Waals surface area contributed by atoms with Gasteiger partial charge < -0.3 is 14.7 Å². The zero-order chi connectivity index (χ0) is 17.0. The van der Waals surface area contributed by atoms with Crippen LogP contribution in [0, 0.1) is 5.92 Å². The van der Waals surface area contributed by atoms with Crippen LogP contribution < -0.4 is 0 Å². The number of amides is 1. The standard InChI is InChI=1S/C19H29NO3/c1-14(13-17(21)15-9-6-5-7-10-15)16-11-8-12-20(16)18(22)23-19(2,3)4/h5-7,9-10,14,16-17,21H,8,11-13H2,1-4H3/t14?,16-,17-/m0/s1. The molecular formula is C19H29NO3. The maximum atomic E-state index is 12.4. The molecule has 23 heavy (non-hydrogen) atoms. The molecule has 1 aromatic carbocycles. The van der Waals surface area contributed by atoms with Crippen LogP contribution in [0.15, 0.2) is 30.3 Å². The van der Waals surface area contributed by atoms with Crippen LogP contribution in [0.4, 0.5) is 4.79 Å². The Kier molecular flexibility index (Phi) is 5.69. The molecule has 1 amide bonds. The van der Waals surface area contributed by atoms with Crippen LogP contribution in [-0.2, 0) is 4.74 Å². The lowest BCUT2D eigenvalue weighted by molar-refractivity contribution is 0.0152. The van der Waals surface area contributed by atoms with Crippen LogP contribution in [0.3, 0.4) is 0 Å². The van der Waals surface area contributed by atoms with Crippen molar-refractivity contribution in [3.05, 3.63) is 35.9 Å². The summed E-state index contributed by atoms with van der Waals surface area (Å²) in [5.41, 5.74) is 0.456. The van der Waals surface area contributed by atoms with E-state index in [1.807, 2.05) is 56.0 Å². The van der Waals surface area contributed by atoms with Gasteiger partial charge in [-0.25, -0.2) is 4.79 Å². The predicted molar refractivity (Wildman–Crippen MR) is 91.1 cm³/mol. The molecule has 0 aromatic heterocycles. The van der Waals surface area contributed by atoms with Crippen molar-refractivity contribution in [1.82, 2.24) is 4.90 Å². The second-order valence-electron chi connectivity index (χ2n) is 7.52. The maximum Gasteiger partial charge on any atom is 0.410 e. The Labute approximate surface area is 139 Å². The van der Waals surface area contributed by atoms with Crippen molar-refractivity contribution in [2.45, 2.75) is 64.7 Å². The number of carbonyl (C=O) groups is 1. The van der Waals surface area contributed by atoms with E-state index in [4.69, 9.17) is 4.74 Å². The second-order valence-corrected chi connectivity index (χ2v) is 7.52. The summed E-state index contributed by atoms with van der Waals surface area (Å²) in [6.07, 6.45) is 1.89. The zero-order valence-electron chi connectivity index (χ0n) is 14.7. The number of likely N-dealkylation sites (tertiary alicyclic amines) is 1. The quantitative estimate of drug-likeness (QED) is 0.907. The van der Waals surface area contributed by atoms with Crippen molar-refractivity contribution in [2.24, 2.45) is 5.92 Å². The van der Waals surface area contributed by atoms with Gasteiger partial charge in [-0.2, -0.15) is 0 Å². The SMILES string of the molecule is CC(C[C@H](O)c1ccccc1)[C@@H]1CCCN1C(=O)OC(C)(C)C. The smallest absolute Gasteiger partial charge is 0.410 e. The first-order valence-corrected chi connectivity index (χ1v) is 8.50. The molecule has 128 valence electrons. The second kappa shape index (κ2) is 7.35. The molecule has 1 aromatic rings. The fraction of sp³-hybridized carbons (Fsp3) is 0.632. The zero-order valence-corrected chi connectivity index (χ0v) is 14.7. The molecule has 3 atom stereocenters. The van der Waals surface area contributed by atoms with Gasteiger partial charge >= 0.3 is 6.09 Å². The molecule has 0 spiro atoms. The number of benzene rings is 1. The van der Waals surface area contributed by atoms with Crippen LogP contribution in [0.5, 0.6) is 0 Å². The first kappa shape index (κ1) is 17.8. The van der Waals surface area contributed by atoms with Gasteiger partial charge in [-0.05, 0) is 51.5 Å². The van der Waals surface area contributed by atoms with E-state index in [1.54, 1.807) is 0 Å². The largest absolute Gasteiger partial charge is 0.444 e. The van der Waals surface area contributed by atoms with Gasteiger partial charge in [0.05, 0.1) is 6.10 Å². The van der Waals surface area contributed by atoms with E-state index in [0.717, 1.165) is 24.9 Å². The Balaban J connectivity index is 1.97. The summed E-state index contributed by atoms with van der Waals surface area (Å²) in [5.74, 6) is 0.222. The minimum Gasteiger partial charge on any atom is -0.444 e. The van der Waals surface area contributed by atoms with Crippen molar-refractivity contribution in [3.8, 4) is 0 Å². The van der Waals surface area contributed by atoms with E-state index in [9.17, 15) is 9.90 Å². The summed E-state index contributed by atoms with van der Waals surface area (Å²) in [4.78, 5) is 14.2. The van der Waals surface area contributed by atoms with Crippen LogP contribution >= 0.6 is 0 Å². The predicted octanol–water partition coefficient (Wildman–Crippen LogP) is 4.15. The van der Waals surface area contributed by atoms with Crippen LogP contribution in [0.25, 0.3) is 0 Å². The monoisotopic (exact) mass is 319 g/mol. The number of rotatable bonds is 4. The first-order chi connectivity index (χ1) is 10.8. The number of ether oxygens (including phenoxy) is 1. The number of hydrogen-bond acceptors (Lipinski definition) is 3. The topological polar surface area (TPSA) is 49.8 Å². The number of aliphatic hydroxyl groups is 1. The van der Waals surface area contributed by atoms with Crippen molar-refractivity contribution in [2.75, 3.05) is 6.54 Å². The highest BCUT2D eigenvalue weighted by Gasteiger charge is 2.35. The van der Waals surface area contributed by atoms with Gasteiger partial charge in [-0.15, -0.1) is 0 Å². The molecule has 0 aliphatic carbocycles. The third-order valence-electron chi connectivity index (χ3n) is 4.36.